The molecule has 0 saturated heterocycles. The van der Waals surface area contributed by atoms with E-state index in [0.29, 0.717) is 29.5 Å². The highest BCUT2D eigenvalue weighted by Gasteiger charge is 2.28. The lowest BCUT2D eigenvalue weighted by Crippen LogP contribution is -2.45. The summed E-state index contributed by atoms with van der Waals surface area (Å²) in [7, 11) is -4.00. The maximum Gasteiger partial charge on any atom is 0.264 e. The van der Waals surface area contributed by atoms with Crippen LogP contribution in [0.15, 0.2) is 77.7 Å². The highest BCUT2D eigenvalue weighted by Crippen LogP contribution is 2.31. The zero-order valence-electron chi connectivity index (χ0n) is 19.6. The Morgan fingerprint density at radius 3 is 2.40 bits per heavy atom. The van der Waals surface area contributed by atoms with Crippen LogP contribution < -0.4 is 23.8 Å². The Morgan fingerprint density at radius 1 is 1.03 bits per heavy atom. The molecule has 1 atom stereocenters. The molecule has 0 radical (unpaired) electrons. The SMILES string of the molecule is CCOc1ccc(N(CC(=O)NC[C@H]2COc3ccccc3O2)S(=O)(=O)c2ccc(C)cc2)cc1. The van der Waals surface area contributed by atoms with Crippen molar-refractivity contribution in [2.24, 2.45) is 0 Å². The topological polar surface area (TPSA) is 94.2 Å². The summed E-state index contributed by atoms with van der Waals surface area (Å²) in [6.45, 7) is 4.30. The first kappa shape index (κ1) is 24.4. The van der Waals surface area contributed by atoms with Crippen LogP contribution >= 0.6 is 0 Å². The number of anilines is 1. The minimum Gasteiger partial charge on any atom is -0.494 e. The van der Waals surface area contributed by atoms with Gasteiger partial charge in [-0.2, -0.15) is 0 Å². The van der Waals surface area contributed by atoms with Crippen LogP contribution in [0.1, 0.15) is 12.5 Å². The number of aryl methyl sites for hydroxylation is 1. The molecule has 1 aliphatic heterocycles. The van der Waals surface area contributed by atoms with Crippen molar-refractivity contribution in [3.8, 4) is 17.2 Å². The van der Waals surface area contributed by atoms with Gasteiger partial charge in [0.15, 0.2) is 11.5 Å². The number of nitrogens with one attached hydrogen (secondary N) is 1. The molecule has 1 N–H and O–H groups in total. The molecule has 0 aromatic heterocycles. The van der Waals surface area contributed by atoms with E-state index in [1.54, 1.807) is 42.5 Å². The van der Waals surface area contributed by atoms with Crippen molar-refractivity contribution in [1.82, 2.24) is 5.32 Å². The largest absolute Gasteiger partial charge is 0.494 e. The number of amides is 1. The van der Waals surface area contributed by atoms with Crippen LogP contribution in [0.5, 0.6) is 17.2 Å². The van der Waals surface area contributed by atoms with Crippen molar-refractivity contribution in [3.63, 3.8) is 0 Å². The molecule has 0 aliphatic carbocycles. The molecule has 3 aromatic carbocycles. The van der Waals surface area contributed by atoms with Gasteiger partial charge < -0.3 is 19.5 Å². The van der Waals surface area contributed by atoms with Crippen molar-refractivity contribution in [1.29, 1.82) is 0 Å². The van der Waals surface area contributed by atoms with Crippen LogP contribution in [-0.4, -0.2) is 46.7 Å². The van der Waals surface area contributed by atoms with Crippen LogP contribution in [0.3, 0.4) is 0 Å². The summed E-state index contributed by atoms with van der Waals surface area (Å²) in [5, 5.41) is 2.77. The number of hydrogen-bond acceptors (Lipinski definition) is 6. The van der Waals surface area contributed by atoms with Gasteiger partial charge in [0, 0.05) is 0 Å². The number of hydrogen-bond donors (Lipinski definition) is 1. The summed E-state index contributed by atoms with van der Waals surface area (Å²) < 4.78 is 45.1. The standard InChI is InChI=1S/C26H28N2O6S/c1-3-32-21-12-10-20(11-13-21)28(35(30,31)23-14-8-19(2)9-15-23)17-26(29)27-16-22-18-33-24-6-4-5-7-25(24)34-22/h4-15,22H,3,16-18H2,1-2H3,(H,27,29)/t22-/m0/s1. The number of nitrogens with zero attached hydrogens (tertiary/aromatic N) is 1. The highest BCUT2D eigenvalue weighted by molar-refractivity contribution is 7.92. The molecule has 35 heavy (non-hydrogen) atoms. The first-order valence-corrected chi connectivity index (χ1v) is 12.8. The highest BCUT2D eigenvalue weighted by atomic mass is 32.2. The van der Waals surface area contributed by atoms with Gasteiger partial charge in [-0.05, 0) is 62.4 Å². The van der Waals surface area contributed by atoms with Crippen LogP contribution in [0.2, 0.25) is 0 Å². The van der Waals surface area contributed by atoms with E-state index in [-0.39, 0.29) is 24.2 Å². The van der Waals surface area contributed by atoms with Gasteiger partial charge in [0.25, 0.3) is 10.0 Å². The summed E-state index contributed by atoms with van der Waals surface area (Å²) in [6, 6.07) is 20.4. The summed E-state index contributed by atoms with van der Waals surface area (Å²) in [4.78, 5) is 13.0. The summed E-state index contributed by atoms with van der Waals surface area (Å²) in [5.74, 6) is 1.41. The minimum absolute atomic E-state index is 0.102. The van der Waals surface area contributed by atoms with Crippen molar-refractivity contribution < 1.29 is 27.4 Å². The Labute approximate surface area is 205 Å². The van der Waals surface area contributed by atoms with Crippen molar-refractivity contribution in [2.75, 3.05) is 30.6 Å². The molecule has 0 saturated carbocycles. The fraction of sp³-hybridized carbons (Fsp3) is 0.269. The third kappa shape index (κ3) is 5.86. The lowest BCUT2D eigenvalue weighted by molar-refractivity contribution is -0.120. The lowest BCUT2D eigenvalue weighted by atomic mass is 10.2. The normalized spacial score (nSPS) is 14.7. The third-order valence-corrected chi connectivity index (χ3v) is 7.21. The zero-order valence-corrected chi connectivity index (χ0v) is 20.5. The Hall–Kier alpha value is -3.72. The molecular formula is C26H28N2O6S. The van der Waals surface area contributed by atoms with E-state index in [1.165, 1.54) is 12.1 Å². The third-order valence-electron chi connectivity index (χ3n) is 5.43. The fourth-order valence-corrected chi connectivity index (χ4v) is 5.03. The van der Waals surface area contributed by atoms with Crippen LogP contribution in [-0.2, 0) is 14.8 Å². The van der Waals surface area contributed by atoms with E-state index in [1.807, 2.05) is 32.0 Å². The summed E-state index contributed by atoms with van der Waals surface area (Å²) in [5.41, 5.74) is 1.29. The maximum absolute atomic E-state index is 13.5. The number of fused-ring (bicyclic) bond motifs is 1. The number of carbonyl (C=O) groups excluding carboxylic acids is 1. The average Bonchev–Trinajstić information content (AvgIpc) is 2.87. The van der Waals surface area contributed by atoms with E-state index in [9.17, 15) is 13.2 Å². The first-order chi connectivity index (χ1) is 16.9. The molecular weight excluding hydrogens is 468 g/mol. The summed E-state index contributed by atoms with van der Waals surface area (Å²) >= 11 is 0. The fourth-order valence-electron chi connectivity index (χ4n) is 3.61. The second-order valence-electron chi connectivity index (χ2n) is 8.05. The predicted molar refractivity (Wildman–Crippen MR) is 133 cm³/mol. The number of rotatable bonds is 9. The van der Waals surface area contributed by atoms with Crippen LogP contribution in [0.4, 0.5) is 5.69 Å². The Kier molecular flexibility index (Phi) is 7.45. The second kappa shape index (κ2) is 10.7. The van der Waals surface area contributed by atoms with E-state index >= 15 is 0 Å². The van der Waals surface area contributed by atoms with Gasteiger partial charge in [-0.25, -0.2) is 8.42 Å². The predicted octanol–water partition coefficient (Wildman–Crippen LogP) is 3.55. The van der Waals surface area contributed by atoms with Crippen LogP contribution in [0.25, 0.3) is 0 Å². The smallest absolute Gasteiger partial charge is 0.264 e. The molecule has 1 aliphatic rings. The first-order valence-electron chi connectivity index (χ1n) is 11.3. The maximum atomic E-state index is 13.5. The Morgan fingerprint density at radius 2 is 1.71 bits per heavy atom. The Balaban J connectivity index is 1.50. The van der Waals surface area contributed by atoms with Crippen molar-refractivity contribution in [3.05, 3.63) is 78.4 Å². The number of sulfonamides is 1. The zero-order chi connectivity index (χ0) is 24.8. The van der Waals surface area contributed by atoms with Gasteiger partial charge in [0.05, 0.1) is 23.7 Å². The summed E-state index contributed by atoms with van der Waals surface area (Å²) in [6.07, 6.45) is -0.388. The molecule has 184 valence electrons. The molecule has 4 rings (SSSR count). The number of benzene rings is 3. The molecule has 0 spiro atoms. The molecule has 3 aromatic rings. The molecule has 0 fully saturated rings. The van der Waals surface area contributed by atoms with Gasteiger partial charge in [0.1, 0.15) is 25.0 Å². The number of ether oxygens (including phenoxy) is 3. The average molecular weight is 497 g/mol. The van der Waals surface area contributed by atoms with Gasteiger partial charge in [-0.1, -0.05) is 29.8 Å². The van der Waals surface area contributed by atoms with Gasteiger partial charge in [-0.15, -0.1) is 0 Å². The monoisotopic (exact) mass is 496 g/mol. The minimum atomic E-state index is -4.00. The molecule has 0 unspecified atom stereocenters. The van der Waals surface area contributed by atoms with Gasteiger partial charge >= 0.3 is 0 Å². The molecule has 1 amide bonds. The molecule has 8 nitrogen and oxygen atoms in total. The van der Waals surface area contributed by atoms with Gasteiger partial charge in [0.2, 0.25) is 5.91 Å². The molecule has 9 heteroatoms. The van der Waals surface area contributed by atoms with Crippen molar-refractivity contribution >= 4 is 21.6 Å². The van der Waals surface area contributed by atoms with Gasteiger partial charge in [-0.3, -0.25) is 9.10 Å². The number of para-hydroxylation sites is 2. The van der Waals surface area contributed by atoms with Crippen LogP contribution in [0, 0.1) is 6.92 Å². The van der Waals surface area contributed by atoms with E-state index < -0.39 is 22.5 Å². The van der Waals surface area contributed by atoms with Crippen molar-refractivity contribution in [2.45, 2.75) is 24.8 Å². The molecule has 0 bridgehead atoms. The molecule has 1 heterocycles. The second-order valence-corrected chi connectivity index (χ2v) is 9.92. The number of carbonyl (C=O) groups is 1. The Bertz CT molecular complexity index is 1260. The quantitative estimate of drug-likeness (QED) is 0.487. The van der Waals surface area contributed by atoms with E-state index in [4.69, 9.17) is 14.2 Å². The van der Waals surface area contributed by atoms with E-state index in [0.717, 1.165) is 9.87 Å². The van der Waals surface area contributed by atoms with E-state index in [2.05, 4.69) is 5.32 Å². The lowest BCUT2D eigenvalue weighted by Gasteiger charge is -2.27.